The average Bonchev–Trinajstić information content (AvgIpc) is 3.15. The summed E-state index contributed by atoms with van der Waals surface area (Å²) in [5.74, 6) is 0.632. The highest BCUT2D eigenvalue weighted by molar-refractivity contribution is 5.76. The number of H-pyrrole nitrogens is 1. The second kappa shape index (κ2) is 6.34. The van der Waals surface area contributed by atoms with Gasteiger partial charge in [0, 0.05) is 50.6 Å². The summed E-state index contributed by atoms with van der Waals surface area (Å²) in [5.41, 5.74) is 3.32. The van der Waals surface area contributed by atoms with E-state index in [4.69, 9.17) is 0 Å². The van der Waals surface area contributed by atoms with Crippen LogP contribution in [0.15, 0.2) is 18.5 Å². The Labute approximate surface area is 130 Å². The maximum absolute atomic E-state index is 12.5. The van der Waals surface area contributed by atoms with Crippen LogP contribution < -0.4 is 0 Å². The van der Waals surface area contributed by atoms with Gasteiger partial charge >= 0.3 is 0 Å². The van der Waals surface area contributed by atoms with Gasteiger partial charge in [-0.05, 0) is 37.8 Å². The topological polar surface area (TPSA) is 66.8 Å². The maximum atomic E-state index is 12.5. The number of carbonyl (C=O) groups excluding carboxylic acids is 1. The summed E-state index contributed by atoms with van der Waals surface area (Å²) >= 11 is 0. The lowest BCUT2D eigenvalue weighted by Gasteiger charge is -2.32. The molecule has 0 radical (unpaired) electrons. The molecule has 22 heavy (non-hydrogen) atoms. The fourth-order valence-corrected chi connectivity index (χ4v) is 3.25. The van der Waals surface area contributed by atoms with Crippen LogP contribution in [0.4, 0.5) is 0 Å². The van der Waals surface area contributed by atoms with Crippen molar-refractivity contribution in [1.82, 2.24) is 24.9 Å². The highest BCUT2D eigenvalue weighted by Gasteiger charge is 2.25. The highest BCUT2D eigenvalue weighted by atomic mass is 16.2. The SMILES string of the molecule is Cc1nn(C)cc1CCC(=O)N1CCC[C@@H](c2ccn[nH]2)C1. The van der Waals surface area contributed by atoms with Gasteiger partial charge < -0.3 is 4.90 Å². The van der Waals surface area contributed by atoms with E-state index in [1.165, 1.54) is 0 Å². The van der Waals surface area contributed by atoms with Gasteiger partial charge in [-0.1, -0.05) is 0 Å². The van der Waals surface area contributed by atoms with E-state index in [0.717, 1.165) is 49.3 Å². The quantitative estimate of drug-likeness (QED) is 0.936. The van der Waals surface area contributed by atoms with Crippen LogP contribution in [-0.4, -0.2) is 43.9 Å². The standard InChI is InChI=1S/C16H23N5O/c1-12-13(10-20(2)19-12)5-6-16(22)21-9-3-4-14(11-21)15-7-8-17-18-15/h7-8,10,14H,3-6,9,11H2,1-2H3,(H,17,18)/t14-/m1/s1. The Bertz CT molecular complexity index is 631. The Morgan fingerprint density at radius 2 is 2.36 bits per heavy atom. The average molecular weight is 301 g/mol. The van der Waals surface area contributed by atoms with Gasteiger partial charge in [-0.15, -0.1) is 0 Å². The van der Waals surface area contributed by atoms with Crippen molar-refractivity contribution in [1.29, 1.82) is 0 Å². The number of carbonyl (C=O) groups is 1. The van der Waals surface area contributed by atoms with Crippen LogP contribution >= 0.6 is 0 Å². The molecular formula is C16H23N5O. The van der Waals surface area contributed by atoms with Gasteiger partial charge in [-0.3, -0.25) is 14.6 Å². The molecule has 1 N–H and O–H groups in total. The number of aromatic amines is 1. The summed E-state index contributed by atoms with van der Waals surface area (Å²) in [4.78, 5) is 14.5. The maximum Gasteiger partial charge on any atom is 0.222 e. The Morgan fingerprint density at radius 3 is 3.05 bits per heavy atom. The smallest absolute Gasteiger partial charge is 0.222 e. The zero-order valence-electron chi connectivity index (χ0n) is 13.2. The normalized spacial score (nSPS) is 18.6. The Kier molecular flexibility index (Phi) is 4.27. The van der Waals surface area contributed by atoms with Crippen molar-refractivity contribution in [2.45, 2.75) is 38.5 Å². The Balaban J connectivity index is 1.56. The number of piperidine rings is 1. The predicted molar refractivity (Wildman–Crippen MR) is 83.4 cm³/mol. The third-order valence-corrected chi connectivity index (χ3v) is 4.46. The summed E-state index contributed by atoms with van der Waals surface area (Å²) in [5, 5.41) is 11.4. The molecular weight excluding hydrogens is 278 g/mol. The number of amides is 1. The first-order chi connectivity index (χ1) is 10.6. The Hall–Kier alpha value is -2.11. The van der Waals surface area contributed by atoms with Gasteiger partial charge in [0.15, 0.2) is 0 Å². The minimum absolute atomic E-state index is 0.243. The van der Waals surface area contributed by atoms with E-state index in [1.807, 2.05) is 35.8 Å². The molecule has 6 nitrogen and oxygen atoms in total. The third-order valence-electron chi connectivity index (χ3n) is 4.46. The van der Waals surface area contributed by atoms with Gasteiger partial charge in [-0.2, -0.15) is 10.2 Å². The molecule has 2 aromatic heterocycles. The first-order valence-corrected chi connectivity index (χ1v) is 7.89. The number of aryl methyl sites for hydroxylation is 3. The van der Waals surface area contributed by atoms with E-state index in [-0.39, 0.29) is 5.91 Å². The van der Waals surface area contributed by atoms with Crippen molar-refractivity contribution in [3.05, 3.63) is 35.4 Å². The van der Waals surface area contributed by atoms with Crippen molar-refractivity contribution < 1.29 is 4.79 Å². The predicted octanol–water partition coefficient (Wildman–Crippen LogP) is 1.79. The number of hydrogen-bond donors (Lipinski definition) is 1. The van der Waals surface area contributed by atoms with Crippen LogP contribution in [0.5, 0.6) is 0 Å². The summed E-state index contributed by atoms with van der Waals surface area (Å²) in [6.07, 6.45) is 7.29. The number of rotatable bonds is 4. The monoisotopic (exact) mass is 301 g/mol. The second-order valence-corrected chi connectivity index (χ2v) is 6.10. The fraction of sp³-hybridized carbons (Fsp3) is 0.562. The zero-order chi connectivity index (χ0) is 15.5. The van der Waals surface area contributed by atoms with Crippen LogP contribution in [0.3, 0.4) is 0 Å². The second-order valence-electron chi connectivity index (χ2n) is 6.10. The van der Waals surface area contributed by atoms with Crippen molar-refractivity contribution in [3.63, 3.8) is 0 Å². The van der Waals surface area contributed by atoms with E-state index >= 15 is 0 Å². The molecule has 3 heterocycles. The molecule has 0 aromatic carbocycles. The molecule has 6 heteroatoms. The first-order valence-electron chi connectivity index (χ1n) is 7.89. The lowest BCUT2D eigenvalue weighted by molar-refractivity contribution is -0.132. The van der Waals surface area contributed by atoms with E-state index < -0.39 is 0 Å². The number of hydrogen-bond acceptors (Lipinski definition) is 3. The summed E-state index contributed by atoms with van der Waals surface area (Å²) < 4.78 is 1.81. The summed E-state index contributed by atoms with van der Waals surface area (Å²) in [6.45, 7) is 3.66. The molecule has 1 atom stereocenters. The van der Waals surface area contributed by atoms with Crippen molar-refractivity contribution in [2.75, 3.05) is 13.1 Å². The highest BCUT2D eigenvalue weighted by Crippen LogP contribution is 2.25. The van der Waals surface area contributed by atoms with Gasteiger partial charge in [-0.25, -0.2) is 0 Å². The molecule has 1 saturated heterocycles. The molecule has 1 fully saturated rings. The molecule has 0 saturated carbocycles. The molecule has 3 rings (SSSR count). The molecule has 2 aromatic rings. The molecule has 1 amide bonds. The number of nitrogens with zero attached hydrogens (tertiary/aromatic N) is 4. The first kappa shape index (κ1) is 14.8. The number of likely N-dealkylation sites (tertiary alicyclic amines) is 1. The largest absolute Gasteiger partial charge is 0.342 e. The molecule has 0 aliphatic carbocycles. The van der Waals surface area contributed by atoms with Crippen molar-refractivity contribution >= 4 is 5.91 Å². The van der Waals surface area contributed by atoms with Crippen LogP contribution in [0, 0.1) is 6.92 Å². The van der Waals surface area contributed by atoms with Gasteiger partial charge in [0.25, 0.3) is 0 Å². The summed E-state index contributed by atoms with van der Waals surface area (Å²) in [6, 6.07) is 2.01. The molecule has 118 valence electrons. The van der Waals surface area contributed by atoms with E-state index in [0.29, 0.717) is 12.3 Å². The number of nitrogens with one attached hydrogen (secondary N) is 1. The fourth-order valence-electron chi connectivity index (χ4n) is 3.25. The van der Waals surface area contributed by atoms with Crippen molar-refractivity contribution in [2.24, 2.45) is 7.05 Å². The van der Waals surface area contributed by atoms with Crippen LogP contribution in [0.25, 0.3) is 0 Å². The lowest BCUT2D eigenvalue weighted by atomic mass is 9.94. The minimum atomic E-state index is 0.243. The van der Waals surface area contributed by atoms with Gasteiger partial charge in [0.1, 0.15) is 0 Å². The molecule has 0 spiro atoms. The lowest BCUT2D eigenvalue weighted by Crippen LogP contribution is -2.39. The molecule has 1 aliphatic rings. The third kappa shape index (κ3) is 3.21. The zero-order valence-corrected chi connectivity index (χ0v) is 13.2. The summed E-state index contributed by atoms with van der Waals surface area (Å²) in [7, 11) is 1.91. The van der Waals surface area contributed by atoms with Crippen LogP contribution in [0.1, 0.15) is 42.1 Å². The molecule has 0 bridgehead atoms. The molecule has 0 unspecified atom stereocenters. The van der Waals surface area contributed by atoms with Crippen molar-refractivity contribution in [3.8, 4) is 0 Å². The minimum Gasteiger partial charge on any atom is -0.342 e. The van der Waals surface area contributed by atoms with E-state index in [2.05, 4.69) is 15.3 Å². The van der Waals surface area contributed by atoms with E-state index in [9.17, 15) is 4.79 Å². The molecule has 1 aliphatic heterocycles. The Morgan fingerprint density at radius 1 is 1.50 bits per heavy atom. The van der Waals surface area contributed by atoms with Crippen LogP contribution in [0.2, 0.25) is 0 Å². The van der Waals surface area contributed by atoms with Gasteiger partial charge in [0.05, 0.1) is 5.69 Å². The number of aromatic nitrogens is 4. The van der Waals surface area contributed by atoms with Gasteiger partial charge in [0.2, 0.25) is 5.91 Å². The van der Waals surface area contributed by atoms with E-state index in [1.54, 1.807) is 6.20 Å². The van der Waals surface area contributed by atoms with Crippen LogP contribution in [-0.2, 0) is 18.3 Å².